The molecule has 0 atom stereocenters. The van der Waals surface area contributed by atoms with E-state index in [0.29, 0.717) is 9.39 Å². The second-order valence-electron chi connectivity index (χ2n) is 4.70. The molecule has 4 aromatic rings. The summed E-state index contributed by atoms with van der Waals surface area (Å²) < 4.78 is 16.9. The number of nitrogens with zero attached hydrogens (tertiary/aromatic N) is 3. The predicted molar refractivity (Wildman–Crippen MR) is 90.4 cm³/mol. The maximum atomic E-state index is 14.7. The molecule has 0 unspecified atom stereocenters. The molecule has 0 amide bonds. The molecule has 0 N–H and O–H groups in total. The van der Waals surface area contributed by atoms with Gasteiger partial charge in [-0.1, -0.05) is 0 Å². The number of aromatic nitrogens is 3. The summed E-state index contributed by atoms with van der Waals surface area (Å²) in [5, 5.41) is 1.78. The minimum atomic E-state index is -0.302. The van der Waals surface area contributed by atoms with E-state index < -0.39 is 0 Å². The third-order valence-electron chi connectivity index (χ3n) is 3.50. The van der Waals surface area contributed by atoms with Crippen LogP contribution in [0.5, 0.6) is 0 Å². The zero-order valence-electron chi connectivity index (χ0n) is 10.8. The van der Waals surface area contributed by atoms with Crippen LogP contribution >= 0.6 is 22.6 Å². The first-order valence-corrected chi connectivity index (χ1v) is 7.49. The number of halogens is 2. The second-order valence-corrected chi connectivity index (χ2v) is 5.72. The van der Waals surface area contributed by atoms with Crippen molar-refractivity contribution < 1.29 is 4.39 Å². The molecule has 0 fully saturated rings. The van der Waals surface area contributed by atoms with Gasteiger partial charge in [-0.05, 0) is 0 Å². The molecular weight excluding hydrogens is 379 g/mol. The number of hydrogen-bond donors (Lipinski definition) is 0. The van der Waals surface area contributed by atoms with E-state index in [1.807, 2.05) is 70.5 Å². The first-order chi connectivity index (χ1) is 10.3. The summed E-state index contributed by atoms with van der Waals surface area (Å²) in [6.45, 7) is 1.93. The van der Waals surface area contributed by atoms with Crippen LogP contribution in [0.15, 0.2) is 48.8 Å². The van der Waals surface area contributed by atoms with Crippen LogP contribution in [0.1, 0.15) is 0 Å². The van der Waals surface area contributed by atoms with Crippen LogP contribution in [0.4, 0.5) is 4.39 Å². The van der Waals surface area contributed by atoms with Crippen molar-refractivity contribution in [1.29, 1.82) is 0 Å². The first-order valence-electron chi connectivity index (χ1n) is 6.41. The summed E-state index contributed by atoms with van der Waals surface area (Å²) in [7, 11) is 0. The normalized spacial score (nSPS) is 11.1. The van der Waals surface area contributed by atoms with Crippen molar-refractivity contribution in [3.63, 3.8) is 0 Å². The summed E-state index contributed by atoms with van der Waals surface area (Å²) >= 11 is 1.93. The molecule has 3 nitrogen and oxygen atoms in total. The number of fused-ring (bicyclic) bond motifs is 2. The fourth-order valence-electron chi connectivity index (χ4n) is 2.55. The summed E-state index contributed by atoms with van der Waals surface area (Å²) in [4.78, 5) is 8.41. The molecule has 3 aromatic heterocycles. The molecule has 0 radical (unpaired) electrons. The number of hydrogen-bond acceptors (Lipinski definition) is 2. The van der Waals surface area contributed by atoms with Crippen LogP contribution in [0.2, 0.25) is 0 Å². The molecule has 100 valence electrons. The Morgan fingerprint density at radius 3 is 2.95 bits per heavy atom. The van der Waals surface area contributed by atoms with Gasteiger partial charge in [0.05, 0.1) is 0 Å². The van der Waals surface area contributed by atoms with Gasteiger partial charge in [-0.3, -0.25) is 0 Å². The van der Waals surface area contributed by atoms with Crippen LogP contribution in [0, 0.1) is 9.52 Å². The number of benzene rings is 1. The van der Waals surface area contributed by atoms with Gasteiger partial charge >= 0.3 is 134 Å². The molecule has 21 heavy (non-hydrogen) atoms. The van der Waals surface area contributed by atoms with Crippen molar-refractivity contribution in [2.45, 2.75) is 0 Å². The van der Waals surface area contributed by atoms with Crippen LogP contribution < -0.4 is 0 Å². The molecule has 0 spiro atoms. The SMILES string of the molecule is Fc1c(I)nc2ccccc2c1-n1cbc2cnccc21. The number of para-hydroxylation sites is 1. The molecule has 0 saturated heterocycles. The standard InChI is InChI=1S/C15H8BFIN3/c17-13-14(9-3-1-2-4-11(9)20-15(13)18)21-8-16-10-7-19-6-5-12(10)21/h1-8H. The molecule has 3 heterocycles. The molecule has 0 aliphatic heterocycles. The number of pyridine rings is 2. The second kappa shape index (κ2) is 4.87. The van der Waals surface area contributed by atoms with Gasteiger partial charge in [-0.2, -0.15) is 0 Å². The summed E-state index contributed by atoms with van der Waals surface area (Å²) in [6.07, 6.45) is 5.36. The molecule has 6 heteroatoms. The Bertz CT molecular complexity index is 983. The summed E-state index contributed by atoms with van der Waals surface area (Å²) in [5.41, 5.74) is 2.25. The average Bonchev–Trinajstić information content (AvgIpc) is 2.92. The Morgan fingerprint density at radius 1 is 1.19 bits per heavy atom. The van der Waals surface area contributed by atoms with Gasteiger partial charge in [0, 0.05) is 0 Å². The van der Waals surface area contributed by atoms with Crippen LogP contribution in [-0.2, 0) is 0 Å². The van der Waals surface area contributed by atoms with Gasteiger partial charge < -0.3 is 0 Å². The van der Waals surface area contributed by atoms with Gasteiger partial charge in [0.15, 0.2) is 0 Å². The Labute approximate surface area is 134 Å². The maximum absolute atomic E-state index is 14.7. The van der Waals surface area contributed by atoms with Crippen LogP contribution in [-0.4, -0.2) is 21.4 Å². The average molecular weight is 387 g/mol. The van der Waals surface area contributed by atoms with Gasteiger partial charge in [0.25, 0.3) is 0 Å². The minimum absolute atomic E-state index is 0.302. The topological polar surface area (TPSA) is 30.7 Å². The third kappa shape index (κ3) is 1.97. The van der Waals surface area contributed by atoms with E-state index in [9.17, 15) is 4.39 Å². The van der Waals surface area contributed by atoms with Crippen molar-refractivity contribution in [1.82, 2.24) is 14.5 Å². The van der Waals surface area contributed by atoms with E-state index in [-0.39, 0.29) is 5.82 Å². The zero-order chi connectivity index (χ0) is 14.4. The van der Waals surface area contributed by atoms with Gasteiger partial charge in [-0.15, -0.1) is 0 Å². The zero-order valence-corrected chi connectivity index (χ0v) is 13.0. The van der Waals surface area contributed by atoms with Crippen molar-refractivity contribution >= 4 is 51.2 Å². The van der Waals surface area contributed by atoms with E-state index in [1.54, 1.807) is 12.4 Å². The first kappa shape index (κ1) is 12.9. The van der Waals surface area contributed by atoms with E-state index in [2.05, 4.69) is 9.97 Å². The van der Waals surface area contributed by atoms with Crippen molar-refractivity contribution in [2.24, 2.45) is 0 Å². The van der Waals surface area contributed by atoms with Gasteiger partial charge in [0.2, 0.25) is 0 Å². The molecule has 0 bridgehead atoms. The predicted octanol–water partition coefficient (Wildman–Crippen LogP) is 3.66. The monoisotopic (exact) mass is 387 g/mol. The van der Waals surface area contributed by atoms with Crippen LogP contribution in [0.25, 0.3) is 27.4 Å². The Hall–Kier alpha value is -1.83. The van der Waals surface area contributed by atoms with E-state index in [0.717, 1.165) is 21.7 Å². The Kier molecular flexibility index (Phi) is 2.99. The van der Waals surface area contributed by atoms with Crippen LogP contribution in [0.3, 0.4) is 0 Å². The van der Waals surface area contributed by atoms with Gasteiger partial charge in [-0.25, -0.2) is 0 Å². The molecule has 0 aliphatic carbocycles. The third-order valence-corrected chi connectivity index (χ3v) is 4.21. The van der Waals surface area contributed by atoms with Crippen molar-refractivity contribution in [3.8, 4) is 5.69 Å². The van der Waals surface area contributed by atoms with E-state index >= 15 is 0 Å². The number of rotatable bonds is 1. The van der Waals surface area contributed by atoms with Gasteiger partial charge in [0.1, 0.15) is 0 Å². The van der Waals surface area contributed by atoms with Crippen molar-refractivity contribution in [2.75, 3.05) is 0 Å². The molecule has 1 aromatic carbocycles. The fraction of sp³-hybridized carbons (Fsp3) is 0. The van der Waals surface area contributed by atoms with E-state index in [4.69, 9.17) is 0 Å². The molecule has 0 aliphatic rings. The quantitative estimate of drug-likeness (QED) is 0.369. The molecule has 4 rings (SSSR count). The Morgan fingerprint density at radius 2 is 2.05 bits per heavy atom. The molecular formula is C15H8BFIN3. The summed E-state index contributed by atoms with van der Waals surface area (Å²) in [6, 6.07) is 9.48. The Balaban J connectivity index is 2.17. The summed E-state index contributed by atoms with van der Waals surface area (Å²) in [5.74, 6) is -0.302. The fourth-order valence-corrected chi connectivity index (χ4v) is 3.07. The molecule has 0 saturated carbocycles. The van der Waals surface area contributed by atoms with Crippen molar-refractivity contribution in [3.05, 3.63) is 58.3 Å². The van der Waals surface area contributed by atoms with E-state index in [1.165, 1.54) is 0 Å².